The van der Waals surface area contributed by atoms with Gasteiger partial charge in [-0.15, -0.1) is 0 Å². The lowest BCUT2D eigenvalue weighted by Crippen LogP contribution is -2.30. The lowest BCUT2D eigenvalue weighted by molar-refractivity contribution is -0.129. The molecule has 6 heteroatoms. The number of carbonyl (C=O) groups excluding carboxylic acids is 1. The summed E-state index contributed by atoms with van der Waals surface area (Å²) in [6, 6.07) is 6.59. The van der Waals surface area contributed by atoms with Crippen LogP contribution in [0.25, 0.3) is 11.0 Å². The Labute approximate surface area is 134 Å². The van der Waals surface area contributed by atoms with Crippen LogP contribution >= 0.6 is 0 Å². The number of likely N-dealkylation sites (N-methyl/N-ethyl adjacent to an activating group) is 1. The number of nitrogens with zero attached hydrogens (tertiary/aromatic N) is 1. The third-order valence-corrected chi connectivity index (χ3v) is 3.65. The van der Waals surface area contributed by atoms with Crippen LogP contribution in [0.4, 0.5) is 0 Å². The molecule has 124 valence electrons. The summed E-state index contributed by atoms with van der Waals surface area (Å²) in [6.07, 6.45) is 0.922. The lowest BCUT2D eigenvalue weighted by atomic mass is 10.1. The molecule has 2 aromatic rings. The topological polar surface area (TPSA) is 69.0 Å². The maximum absolute atomic E-state index is 12.3. The summed E-state index contributed by atoms with van der Waals surface area (Å²) < 4.78 is 15.3. The van der Waals surface area contributed by atoms with Crippen LogP contribution in [0, 0.1) is 0 Å². The molecule has 6 nitrogen and oxygen atoms in total. The third kappa shape index (κ3) is 4.32. The molecule has 0 saturated heterocycles. The zero-order valence-corrected chi connectivity index (χ0v) is 13.6. The van der Waals surface area contributed by atoms with Crippen molar-refractivity contribution in [3.63, 3.8) is 0 Å². The van der Waals surface area contributed by atoms with Gasteiger partial charge in [-0.3, -0.25) is 4.79 Å². The van der Waals surface area contributed by atoms with Crippen LogP contribution in [-0.2, 0) is 16.0 Å². The Kier molecular flexibility index (Phi) is 5.76. The number of hydrogen-bond acceptors (Lipinski definition) is 5. The summed E-state index contributed by atoms with van der Waals surface area (Å²) in [5.41, 5.74) is 0.597. The number of fused-ring (bicyclic) bond motifs is 1. The Bertz CT molecular complexity index is 737. The zero-order valence-electron chi connectivity index (χ0n) is 13.6. The predicted octanol–water partition coefficient (Wildman–Crippen LogP) is 1.84. The van der Waals surface area contributed by atoms with E-state index in [9.17, 15) is 9.59 Å². The van der Waals surface area contributed by atoms with E-state index in [4.69, 9.17) is 13.9 Å². The first kappa shape index (κ1) is 17.0. The van der Waals surface area contributed by atoms with Gasteiger partial charge in [-0.1, -0.05) is 0 Å². The van der Waals surface area contributed by atoms with Crippen LogP contribution in [0.15, 0.2) is 33.5 Å². The minimum atomic E-state index is -0.476. The number of carbonyl (C=O) groups is 1. The molecule has 0 aliphatic heterocycles. The van der Waals surface area contributed by atoms with Gasteiger partial charge in [0, 0.05) is 44.8 Å². The first-order chi connectivity index (χ1) is 11.0. The average Bonchev–Trinajstić information content (AvgIpc) is 2.54. The average molecular weight is 319 g/mol. The monoisotopic (exact) mass is 319 g/mol. The second-order valence-corrected chi connectivity index (χ2v) is 5.29. The fraction of sp³-hybridized carbons (Fsp3) is 0.412. The van der Waals surface area contributed by atoms with Crippen molar-refractivity contribution in [2.75, 3.05) is 34.4 Å². The van der Waals surface area contributed by atoms with Gasteiger partial charge in [0.15, 0.2) is 0 Å². The second kappa shape index (κ2) is 7.78. The summed E-state index contributed by atoms with van der Waals surface area (Å²) >= 11 is 0. The standard InChI is InChI=1S/C17H21NO5/c1-18(7-4-8-21-2)16(19)9-12-10-17(20)23-15-11-13(22-3)5-6-14(12)15/h5-6,10-11H,4,7-9H2,1-3H3. The molecular formula is C17H21NO5. The van der Waals surface area contributed by atoms with E-state index >= 15 is 0 Å². The summed E-state index contributed by atoms with van der Waals surface area (Å²) in [7, 11) is 4.92. The number of ether oxygens (including phenoxy) is 2. The van der Waals surface area contributed by atoms with Crippen molar-refractivity contribution >= 4 is 16.9 Å². The summed E-state index contributed by atoms with van der Waals surface area (Å²) in [5.74, 6) is 0.546. The Morgan fingerprint density at radius 1 is 1.26 bits per heavy atom. The highest BCUT2D eigenvalue weighted by Gasteiger charge is 2.14. The van der Waals surface area contributed by atoms with E-state index in [1.54, 1.807) is 44.4 Å². The first-order valence-electron chi connectivity index (χ1n) is 7.39. The maximum atomic E-state index is 12.3. The zero-order chi connectivity index (χ0) is 16.8. The molecule has 0 fully saturated rings. The minimum absolute atomic E-state index is 0.0520. The predicted molar refractivity (Wildman–Crippen MR) is 86.9 cm³/mol. The highest BCUT2D eigenvalue weighted by atomic mass is 16.5. The van der Waals surface area contributed by atoms with Gasteiger partial charge in [0.1, 0.15) is 11.3 Å². The first-order valence-corrected chi connectivity index (χ1v) is 7.39. The fourth-order valence-electron chi connectivity index (χ4n) is 2.35. The Hall–Kier alpha value is -2.34. The van der Waals surface area contributed by atoms with Gasteiger partial charge in [-0.25, -0.2) is 4.79 Å². The Morgan fingerprint density at radius 2 is 2.04 bits per heavy atom. The van der Waals surface area contributed by atoms with Gasteiger partial charge in [0.25, 0.3) is 0 Å². The van der Waals surface area contributed by atoms with Gasteiger partial charge < -0.3 is 18.8 Å². The van der Waals surface area contributed by atoms with Crippen LogP contribution in [0.1, 0.15) is 12.0 Å². The van der Waals surface area contributed by atoms with E-state index in [0.29, 0.717) is 30.0 Å². The SMILES string of the molecule is COCCCN(C)C(=O)Cc1cc(=O)oc2cc(OC)ccc12. The molecule has 0 unspecified atom stereocenters. The molecule has 1 amide bonds. The van der Waals surface area contributed by atoms with E-state index in [1.807, 2.05) is 0 Å². The third-order valence-electron chi connectivity index (χ3n) is 3.65. The van der Waals surface area contributed by atoms with Gasteiger partial charge in [0.2, 0.25) is 5.91 Å². The van der Waals surface area contributed by atoms with Gasteiger partial charge in [0.05, 0.1) is 13.5 Å². The molecule has 0 radical (unpaired) electrons. The quantitative estimate of drug-likeness (QED) is 0.575. The minimum Gasteiger partial charge on any atom is -0.497 e. The number of amides is 1. The summed E-state index contributed by atoms with van der Waals surface area (Å²) in [5, 5.41) is 0.740. The molecule has 1 heterocycles. The van der Waals surface area contributed by atoms with Gasteiger partial charge >= 0.3 is 5.63 Å². The molecule has 2 rings (SSSR count). The van der Waals surface area contributed by atoms with E-state index < -0.39 is 5.63 Å². The summed E-state index contributed by atoms with van der Waals surface area (Å²) in [6.45, 7) is 1.22. The van der Waals surface area contributed by atoms with Crippen molar-refractivity contribution < 1.29 is 18.7 Å². The molecule has 0 saturated carbocycles. The highest BCUT2D eigenvalue weighted by molar-refractivity contribution is 5.87. The van der Waals surface area contributed by atoms with E-state index in [0.717, 1.165) is 11.8 Å². The molecule has 1 aromatic heterocycles. The van der Waals surface area contributed by atoms with Crippen molar-refractivity contribution in [2.24, 2.45) is 0 Å². The molecule has 0 aliphatic carbocycles. The molecule has 1 aromatic carbocycles. The largest absolute Gasteiger partial charge is 0.497 e. The molecule has 23 heavy (non-hydrogen) atoms. The second-order valence-electron chi connectivity index (χ2n) is 5.29. The van der Waals surface area contributed by atoms with Crippen LogP contribution in [0.5, 0.6) is 5.75 Å². The smallest absolute Gasteiger partial charge is 0.336 e. The molecule has 0 bridgehead atoms. The highest BCUT2D eigenvalue weighted by Crippen LogP contribution is 2.23. The lowest BCUT2D eigenvalue weighted by Gasteiger charge is -2.17. The number of hydrogen-bond donors (Lipinski definition) is 0. The maximum Gasteiger partial charge on any atom is 0.336 e. The number of benzene rings is 1. The Balaban J connectivity index is 2.22. The Morgan fingerprint density at radius 3 is 2.74 bits per heavy atom. The van der Waals surface area contributed by atoms with Crippen molar-refractivity contribution in [3.05, 3.63) is 40.2 Å². The van der Waals surface area contributed by atoms with E-state index in [2.05, 4.69) is 0 Å². The van der Waals surface area contributed by atoms with Gasteiger partial charge in [-0.05, 0) is 24.1 Å². The molecule has 0 atom stereocenters. The van der Waals surface area contributed by atoms with Crippen LogP contribution in [-0.4, -0.2) is 45.2 Å². The molecule has 0 aliphatic rings. The molecule has 0 spiro atoms. The van der Waals surface area contributed by atoms with Crippen LogP contribution < -0.4 is 10.4 Å². The van der Waals surface area contributed by atoms with Gasteiger partial charge in [-0.2, -0.15) is 0 Å². The van der Waals surface area contributed by atoms with Crippen molar-refractivity contribution in [1.29, 1.82) is 0 Å². The van der Waals surface area contributed by atoms with E-state index in [-0.39, 0.29) is 12.3 Å². The molecule has 0 N–H and O–H groups in total. The normalized spacial score (nSPS) is 10.7. The van der Waals surface area contributed by atoms with Crippen LogP contribution in [0.2, 0.25) is 0 Å². The van der Waals surface area contributed by atoms with Crippen LogP contribution in [0.3, 0.4) is 0 Å². The molecular weight excluding hydrogens is 298 g/mol. The van der Waals surface area contributed by atoms with Crippen molar-refractivity contribution in [2.45, 2.75) is 12.8 Å². The fourth-order valence-corrected chi connectivity index (χ4v) is 2.35. The van der Waals surface area contributed by atoms with E-state index in [1.165, 1.54) is 6.07 Å². The number of methoxy groups -OCH3 is 2. The number of rotatable bonds is 7. The summed E-state index contributed by atoms with van der Waals surface area (Å²) in [4.78, 5) is 25.7. The van der Waals surface area contributed by atoms with Crippen molar-refractivity contribution in [1.82, 2.24) is 4.90 Å². The van der Waals surface area contributed by atoms with Crippen molar-refractivity contribution in [3.8, 4) is 5.75 Å².